The number of anilines is 1. The van der Waals surface area contributed by atoms with Gasteiger partial charge in [0.25, 0.3) is 5.91 Å². The fourth-order valence-corrected chi connectivity index (χ4v) is 4.02. The van der Waals surface area contributed by atoms with Gasteiger partial charge in [-0.15, -0.1) is 10.2 Å². The van der Waals surface area contributed by atoms with Crippen molar-refractivity contribution in [1.29, 1.82) is 0 Å². The summed E-state index contributed by atoms with van der Waals surface area (Å²) >= 11 is 13.1. The van der Waals surface area contributed by atoms with E-state index < -0.39 is 12.0 Å². The number of amides is 2. The topological polar surface area (TPSA) is 115 Å². The first-order valence-electron chi connectivity index (χ1n) is 9.96. The molecular weight excluding hydrogens is 501 g/mol. The van der Waals surface area contributed by atoms with Crippen molar-refractivity contribution < 1.29 is 19.1 Å². The Balaban J connectivity index is 1.61. The van der Waals surface area contributed by atoms with Crippen molar-refractivity contribution in [2.24, 2.45) is 7.05 Å². The van der Waals surface area contributed by atoms with E-state index in [-0.39, 0.29) is 28.2 Å². The molecule has 0 spiro atoms. The SMILES string of the molecule is COC(=O)c1ccccc1NC(=O)CSc1nnc([C@@H](C)NC(=O)c2ccc(Cl)c(Cl)c2)n1C. The van der Waals surface area contributed by atoms with Gasteiger partial charge in [-0.3, -0.25) is 9.59 Å². The Hall–Kier alpha value is -3.08. The molecule has 1 heterocycles. The van der Waals surface area contributed by atoms with Crippen LogP contribution in [0.3, 0.4) is 0 Å². The number of aromatic nitrogens is 3. The van der Waals surface area contributed by atoms with Gasteiger partial charge in [-0.05, 0) is 37.3 Å². The molecule has 2 aromatic carbocycles. The Morgan fingerprint density at radius 2 is 1.85 bits per heavy atom. The highest BCUT2D eigenvalue weighted by atomic mass is 35.5. The van der Waals surface area contributed by atoms with E-state index >= 15 is 0 Å². The number of hydrogen-bond donors (Lipinski definition) is 2. The van der Waals surface area contributed by atoms with Crippen LogP contribution in [0.1, 0.15) is 39.5 Å². The molecule has 34 heavy (non-hydrogen) atoms. The molecule has 12 heteroatoms. The minimum atomic E-state index is -0.543. The molecule has 0 saturated heterocycles. The van der Waals surface area contributed by atoms with Gasteiger partial charge in [-0.1, -0.05) is 47.1 Å². The molecular formula is C22H21Cl2N5O4S. The minimum absolute atomic E-state index is 0.0332. The average Bonchev–Trinajstić information content (AvgIpc) is 3.19. The van der Waals surface area contributed by atoms with Crippen molar-refractivity contribution in [3.8, 4) is 0 Å². The van der Waals surface area contributed by atoms with E-state index in [1.165, 1.54) is 24.9 Å². The number of benzene rings is 2. The van der Waals surface area contributed by atoms with Crippen LogP contribution in [0.25, 0.3) is 0 Å². The van der Waals surface area contributed by atoms with E-state index in [2.05, 4.69) is 20.8 Å². The van der Waals surface area contributed by atoms with Gasteiger partial charge in [0, 0.05) is 12.6 Å². The second kappa shape index (κ2) is 11.4. The maximum absolute atomic E-state index is 12.5. The third kappa shape index (κ3) is 6.07. The standard InChI is InChI=1S/C22H21Cl2N5O4S/c1-12(25-20(31)13-8-9-15(23)16(24)10-13)19-27-28-22(29(19)2)34-11-18(30)26-17-7-5-4-6-14(17)21(32)33-3/h4-10,12H,11H2,1-3H3,(H,25,31)(H,26,30)/t12-/m1/s1. The van der Waals surface area contributed by atoms with Gasteiger partial charge in [0.2, 0.25) is 5.91 Å². The molecule has 0 radical (unpaired) electrons. The number of esters is 1. The average molecular weight is 522 g/mol. The van der Waals surface area contributed by atoms with Gasteiger partial charge in [0.1, 0.15) is 0 Å². The van der Waals surface area contributed by atoms with Crippen molar-refractivity contribution in [2.45, 2.75) is 18.1 Å². The highest BCUT2D eigenvalue weighted by molar-refractivity contribution is 7.99. The molecule has 0 bridgehead atoms. The zero-order chi connectivity index (χ0) is 24.8. The number of nitrogens with one attached hydrogen (secondary N) is 2. The highest BCUT2D eigenvalue weighted by Crippen LogP contribution is 2.24. The van der Waals surface area contributed by atoms with Gasteiger partial charge >= 0.3 is 5.97 Å². The maximum Gasteiger partial charge on any atom is 0.339 e. The summed E-state index contributed by atoms with van der Waals surface area (Å²) in [6.07, 6.45) is 0. The lowest BCUT2D eigenvalue weighted by atomic mass is 10.2. The Bertz CT molecular complexity index is 1230. The second-order valence-corrected chi connectivity index (χ2v) is 8.85. The molecule has 178 valence electrons. The van der Waals surface area contributed by atoms with Crippen molar-refractivity contribution in [3.63, 3.8) is 0 Å². The Labute approximate surface area is 210 Å². The summed E-state index contributed by atoms with van der Waals surface area (Å²) in [4.78, 5) is 36.8. The summed E-state index contributed by atoms with van der Waals surface area (Å²) < 4.78 is 6.43. The summed E-state index contributed by atoms with van der Waals surface area (Å²) in [5.41, 5.74) is 0.981. The van der Waals surface area contributed by atoms with Gasteiger partial charge in [0.05, 0.1) is 40.2 Å². The van der Waals surface area contributed by atoms with Crippen molar-refractivity contribution >= 4 is 58.4 Å². The Kier molecular flexibility index (Phi) is 8.54. The van der Waals surface area contributed by atoms with Gasteiger partial charge < -0.3 is 19.9 Å². The molecule has 0 aliphatic heterocycles. The molecule has 0 aliphatic rings. The number of ether oxygens (including phenoxy) is 1. The van der Waals surface area contributed by atoms with Crippen molar-refractivity contribution in [3.05, 3.63) is 69.5 Å². The van der Waals surface area contributed by atoms with Crippen LogP contribution in [0.5, 0.6) is 0 Å². The monoisotopic (exact) mass is 521 g/mol. The summed E-state index contributed by atoms with van der Waals surface area (Å²) in [5.74, 6) is -0.671. The number of carbonyl (C=O) groups excluding carboxylic acids is 3. The summed E-state index contributed by atoms with van der Waals surface area (Å²) in [7, 11) is 3.01. The molecule has 0 aliphatic carbocycles. The third-order valence-electron chi connectivity index (χ3n) is 4.72. The van der Waals surface area contributed by atoms with Crippen LogP contribution in [-0.2, 0) is 16.6 Å². The van der Waals surface area contributed by atoms with Crippen LogP contribution in [0.2, 0.25) is 10.0 Å². The quantitative estimate of drug-likeness (QED) is 0.338. The van der Waals surface area contributed by atoms with Crippen LogP contribution >= 0.6 is 35.0 Å². The largest absolute Gasteiger partial charge is 0.465 e. The number of halogens is 2. The number of thioether (sulfide) groups is 1. The highest BCUT2D eigenvalue weighted by Gasteiger charge is 2.20. The number of para-hydroxylation sites is 1. The van der Waals surface area contributed by atoms with Gasteiger partial charge in [-0.25, -0.2) is 4.79 Å². The molecule has 1 aromatic heterocycles. The van der Waals surface area contributed by atoms with Crippen molar-refractivity contribution in [2.75, 3.05) is 18.2 Å². The van der Waals surface area contributed by atoms with Crippen molar-refractivity contribution in [1.82, 2.24) is 20.1 Å². The van der Waals surface area contributed by atoms with E-state index in [1.807, 2.05) is 0 Å². The third-order valence-corrected chi connectivity index (χ3v) is 6.48. The molecule has 1 atom stereocenters. The van der Waals surface area contributed by atoms with E-state index in [1.54, 1.807) is 54.9 Å². The smallest absolute Gasteiger partial charge is 0.339 e. The molecule has 0 saturated carbocycles. The first kappa shape index (κ1) is 25.5. The Morgan fingerprint density at radius 1 is 1.12 bits per heavy atom. The molecule has 3 aromatic rings. The normalized spacial score (nSPS) is 11.6. The zero-order valence-electron chi connectivity index (χ0n) is 18.5. The first-order chi connectivity index (χ1) is 16.2. The summed E-state index contributed by atoms with van der Waals surface area (Å²) in [6.45, 7) is 1.77. The molecule has 9 nitrogen and oxygen atoms in total. The van der Waals surface area contributed by atoms with Crippen LogP contribution in [0, 0.1) is 0 Å². The molecule has 0 unspecified atom stereocenters. The van der Waals surface area contributed by atoms with Crippen LogP contribution < -0.4 is 10.6 Å². The molecule has 3 rings (SSSR count). The number of nitrogens with zero attached hydrogens (tertiary/aromatic N) is 3. The number of carbonyl (C=O) groups is 3. The van der Waals surface area contributed by atoms with E-state index in [0.29, 0.717) is 27.3 Å². The zero-order valence-corrected chi connectivity index (χ0v) is 20.8. The lowest BCUT2D eigenvalue weighted by Gasteiger charge is -2.14. The van der Waals surface area contributed by atoms with Crippen LogP contribution in [-0.4, -0.2) is 45.4 Å². The predicted molar refractivity (Wildman–Crippen MR) is 130 cm³/mol. The predicted octanol–water partition coefficient (Wildman–Crippen LogP) is 4.13. The fraction of sp³-hybridized carbons (Fsp3) is 0.227. The van der Waals surface area contributed by atoms with Gasteiger partial charge in [-0.2, -0.15) is 0 Å². The second-order valence-electron chi connectivity index (χ2n) is 7.10. The fourth-order valence-electron chi connectivity index (χ4n) is 3.01. The lowest BCUT2D eigenvalue weighted by molar-refractivity contribution is -0.113. The Morgan fingerprint density at radius 3 is 2.56 bits per heavy atom. The minimum Gasteiger partial charge on any atom is -0.465 e. The number of rotatable bonds is 8. The summed E-state index contributed by atoms with van der Waals surface area (Å²) in [5, 5.41) is 14.9. The van der Waals surface area contributed by atoms with Crippen LogP contribution in [0.4, 0.5) is 5.69 Å². The molecule has 2 amide bonds. The lowest BCUT2D eigenvalue weighted by Crippen LogP contribution is -2.28. The first-order valence-corrected chi connectivity index (χ1v) is 11.7. The number of methoxy groups -OCH3 is 1. The summed E-state index contributed by atoms with van der Waals surface area (Å²) in [6, 6.07) is 10.7. The maximum atomic E-state index is 12.5. The molecule has 2 N–H and O–H groups in total. The van der Waals surface area contributed by atoms with E-state index in [9.17, 15) is 14.4 Å². The van der Waals surface area contributed by atoms with E-state index in [0.717, 1.165) is 0 Å². The van der Waals surface area contributed by atoms with Gasteiger partial charge in [0.15, 0.2) is 11.0 Å². The van der Waals surface area contributed by atoms with E-state index in [4.69, 9.17) is 27.9 Å². The molecule has 0 fully saturated rings. The van der Waals surface area contributed by atoms with Crippen LogP contribution in [0.15, 0.2) is 47.6 Å². The number of hydrogen-bond acceptors (Lipinski definition) is 7.